The fourth-order valence-electron chi connectivity index (χ4n) is 1.98. The van der Waals surface area contributed by atoms with Crippen molar-refractivity contribution in [1.82, 2.24) is 10.0 Å². The van der Waals surface area contributed by atoms with Crippen molar-refractivity contribution in [3.05, 3.63) is 35.4 Å². The monoisotopic (exact) mass is 254 g/mol. The molecule has 17 heavy (non-hydrogen) atoms. The van der Waals surface area contributed by atoms with Gasteiger partial charge < -0.3 is 5.32 Å². The van der Waals surface area contributed by atoms with Crippen LogP contribution in [0.3, 0.4) is 0 Å². The first-order valence-electron chi connectivity index (χ1n) is 5.27. The van der Waals surface area contributed by atoms with Crippen LogP contribution in [0.2, 0.25) is 0 Å². The molecule has 1 unspecified atom stereocenters. The van der Waals surface area contributed by atoms with Crippen LogP contribution in [-0.4, -0.2) is 27.1 Å². The molecule has 1 aliphatic rings. The van der Waals surface area contributed by atoms with E-state index in [1.807, 2.05) is 29.0 Å². The van der Waals surface area contributed by atoms with Crippen molar-refractivity contribution in [2.45, 2.75) is 12.5 Å². The summed E-state index contributed by atoms with van der Waals surface area (Å²) in [7, 11) is -3.50. The number of fused-ring (bicyclic) bond motifs is 1. The second-order valence-electron chi connectivity index (χ2n) is 4.12. The number of hydrogen-bond acceptors (Lipinski definition) is 4. The Morgan fingerprint density at radius 1 is 1.41 bits per heavy atom. The van der Waals surface area contributed by atoms with Gasteiger partial charge in [-0.15, -0.1) is 0 Å². The molecule has 0 spiro atoms. The molecular weight excluding hydrogens is 240 g/mol. The molecule has 92 valence electrons. The van der Waals surface area contributed by atoms with E-state index >= 15 is 0 Å². The van der Waals surface area contributed by atoms with Gasteiger partial charge in [0.25, 0.3) is 0 Å². The maximum atomic E-state index is 11.8. The molecule has 0 bridgehead atoms. The third-order valence-corrected chi connectivity index (χ3v) is 3.27. The van der Waals surface area contributed by atoms with Crippen molar-refractivity contribution in [2.75, 3.05) is 12.8 Å². The number of hydrogen-bond donors (Lipinski definition) is 2. The molecule has 1 amide bonds. The van der Waals surface area contributed by atoms with Gasteiger partial charge in [-0.05, 0) is 11.1 Å². The second kappa shape index (κ2) is 4.46. The highest BCUT2D eigenvalue weighted by molar-refractivity contribution is 7.89. The maximum Gasteiger partial charge on any atom is 0.242 e. The van der Waals surface area contributed by atoms with Crippen LogP contribution in [0.15, 0.2) is 24.3 Å². The van der Waals surface area contributed by atoms with Gasteiger partial charge >= 0.3 is 0 Å². The molecular formula is C11H14N2O3S. The van der Waals surface area contributed by atoms with E-state index in [2.05, 4.69) is 5.32 Å². The van der Waals surface area contributed by atoms with Gasteiger partial charge in [-0.3, -0.25) is 9.52 Å². The largest absolute Gasteiger partial charge is 0.312 e. The van der Waals surface area contributed by atoms with Crippen molar-refractivity contribution in [3.63, 3.8) is 0 Å². The minimum Gasteiger partial charge on any atom is -0.312 e. The lowest BCUT2D eigenvalue weighted by molar-refractivity contribution is -0.120. The fraction of sp³-hybridized carbons (Fsp3) is 0.364. The summed E-state index contributed by atoms with van der Waals surface area (Å²) in [5.41, 5.74) is 1.93. The van der Waals surface area contributed by atoms with Crippen LogP contribution >= 0.6 is 0 Å². The lowest BCUT2D eigenvalue weighted by atomic mass is 9.90. The van der Waals surface area contributed by atoms with Gasteiger partial charge in [-0.1, -0.05) is 24.3 Å². The molecule has 1 atom stereocenters. The van der Waals surface area contributed by atoms with E-state index in [1.54, 1.807) is 0 Å². The number of rotatable bonds is 2. The number of amides is 1. The van der Waals surface area contributed by atoms with Gasteiger partial charge in [-0.25, -0.2) is 8.42 Å². The molecule has 1 heterocycles. The summed E-state index contributed by atoms with van der Waals surface area (Å²) in [6.45, 7) is 1.16. The predicted octanol–water partition coefficient (Wildman–Crippen LogP) is -0.0508. The Bertz CT molecular complexity index is 539. The Morgan fingerprint density at radius 2 is 2.12 bits per heavy atom. The number of benzene rings is 1. The van der Waals surface area contributed by atoms with E-state index in [0.717, 1.165) is 17.4 Å². The molecule has 1 aliphatic heterocycles. The Balaban J connectivity index is 2.27. The summed E-state index contributed by atoms with van der Waals surface area (Å²) >= 11 is 0. The van der Waals surface area contributed by atoms with E-state index in [4.69, 9.17) is 0 Å². The standard InChI is InChI=1S/C11H14N2O3S/c1-17(15,16)13-11(14)10-7-12-6-8-4-2-3-5-9(8)10/h2-5,10,12H,6-7H2,1H3,(H,13,14). The average Bonchev–Trinajstić information content (AvgIpc) is 2.26. The summed E-state index contributed by atoms with van der Waals surface area (Å²) in [4.78, 5) is 11.8. The third-order valence-electron chi connectivity index (χ3n) is 2.70. The van der Waals surface area contributed by atoms with Crippen LogP contribution in [-0.2, 0) is 21.4 Å². The molecule has 0 radical (unpaired) electrons. The van der Waals surface area contributed by atoms with Gasteiger partial charge in [0.2, 0.25) is 15.9 Å². The highest BCUT2D eigenvalue weighted by atomic mass is 32.2. The van der Waals surface area contributed by atoms with Crippen molar-refractivity contribution in [1.29, 1.82) is 0 Å². The first kappa shape index (κ1) is 12.1. The zero-order valence-corrected chi connectivity index (χ0v) is 10.3. The quantitative estimate of drug-likeness (QED) is 0.776. The second-order valence-corrected chi connectivity index (χ2v) is 5.87. The fourth-order valence-corrected chi connectivity index (χ4v) is 2.49. The molecule has 0 fully saturated rings. The SMILES string of the molecule is CS(=O)(=O)NC(=O)C1CNCc2ccccc21. The van der Waals surface area contributed by atoms with Crippen LogP contribution in [0.1, 0.15) is 17.0 Å². The maximum absolute atomic E-state index is 11.8. The van der Waals surface area contributed by atoms with E-state index in [-0.39, 0.29) is 0 Å². The van der Waals surface area contributed by atoms with Crippen molar-refractivity contribution >= 4 is 15.9 Å². The van der Waals surface area contributed by atoms with Crippen molar-refractivity contribution in [2.24, 2.45) is 0 Å². The Morgan fingerprint density at radius 3 is 2.82 bits per heavy atom. The van der Waals surface area contributed by atoms with Crippen LogP contribution in [0.4, 0.5) is 0 Å². The molecule has 0 saturated carbocycles. The Hall–Kier alpha value is -1.40. The van der Waals surface area contributed by atoms with Crippen LogP contribution < -0.4 is 10.0 Å². The number of carbonyl (C=O) groups is 1. The van der Waals surface area contributed by atoms with E-state index in [9.17, 15) is 13.2 Å². The van der Waals surface area contributed by atoms with Crippen molar-refractivity contribution < 1.29 is 13.2 Å². The zero-order valence-electron chi connectivity index (χ0n) is 9.43. The molecule has 0 saturated heterocycles. The third kappa shape index (κ3) is 2.83. The van der Waals surface area contributed by atoms with Gasteiger partial charge in [0.05, 0.1) is 12.2 Å². The highest BCUT2D eigenvalue weighted by Crippen LogP contribution is 2.23. The topological polar surface area (TPSA) is 75.3 Å². The minimum absolute atomic E-state index is 0.449. The normalized spacial score (nSPS) is 19.5. The molecule has 1 aromatic carbocycles. The molecule has 1 aromatic rings. The van der Waals surface area contributed by atoms with E-state index in [0.29, 0.717) is 13.1 Å². The van der Waals surface area contributed by atoms with E-state index in [1.165, 1.54) is 0 Å². The zero-order chi connectivity index (χ0) is 12.5. The van der Waals surface area contributed by atoms with Crippen LogP contribution in [0, 0.1) is 0 Å². The number of nitrogens with one attached hydrogen (secondary N) is 2. The Kier molecular flexibility index (Phi) is 3.17. The Labute approximate surface area is 100 Å². The summed E-state index contributed by atoms with van der Waals surface area (Å²) in [5.74, 6) is -0.929. The number of sulfonamides is 1. The van der Waals surface area contributed by atoms with Gasteiger partial charge in [0, 0.05) is 13.1 Å². The summed E-state index contributed by atoms with van der Waals surface area (Å²) in [6.07, 6.45) is 0.979. The van der Waals surface area contributed by atoms with Crippen LogP contribution in [0.25, 0.3) is 0 Å². The van der Waals surface area contributed by atoms with Gasteiger partial charge in [-0.2, -0.15) is 0 Å². The lowest BCUT2D eigenvalue weighted by Crippen LogP contribution is -2.40. The predicted molar refractivity (Wildman–Crippen MR) is 63.9 cm³/mol. The molecule has 2 N–H and O–H groups in total. The molecule has 2 rings (SSSR count). The summed E-state index contributed by atoms with van der Waals surface area (Å²) in [6, 6.07) is 7.55. The smallest absolute Gasteiger partial charge is 0.242 e. The molecule has 5 nitrogen and oxygen atoms in total. The summed E-state index contributed by atoms with van der Waals surface area (Å²) < 4.78 is 24.1. The highest BCUT2D eigenvalue weighted by Gasteiger charge is 2.27. The van der Waals surface area contributed by atoms with E-state index < -0.39 is 21.8 Å². The lowest BCUT2D eigenvalue weighted by Gasteiger charge is -2.25. The molecule has 6 heteroatoms. The van der Waals surface area contributed by atoms with Gasteiger partial charge in [0.1, 0.15) is 0 Å². The number of carbonyl (C=O) groups excluding carboxylic acids is 1. The molecule has 0 aromatic heterocycles. The summed E-state index contributed by atoms with van der Waals surface area (Å²) in [5, 5.41) is 3.10. The van der Waals surface area contributed by atoms with Gasteiger partial charge in [0.15, 0.2) is 0 Å². The molecule has 0 aliphatic carbocycles. The average molecular weight is 254 g/mol. The van der Waals surface area contributed by atoms with Crippen molar-refractivity contribution in [3.8, 4) is 0 Å². The first-order chi connectivity index (χ1) is 7.97. The van der Waals surface area contributed by atoms with Crippen LogP contribution in [0.5, 0.6) is 0 Å². The minimum atomic E-state index is -3.50. The first-order valence-corrected chi connectivity index (χ1v) is 7.16.